The second-order valence-electron chi connectivity index (χ2n) is 4.08. The van der Waals surface area contributed by atoms with Crippen molar-refractivity contribution in [3.63, 3.8) is 0 Å². The second-order valence-corrected chi connectivity index (χ2v) is 6.03. The number of nitrogens with zero attached hydrogens (tertiary/aromatic N) is 1. The highest BCUT2D eigenvalue weighted by molar-refractivity contribution is 14.0. The molecule has 6 heteroatoms. The Morgan fingerprint density at radius 1 is 1.25 bits per heavy atom. The molecule has 1 aromatic heterocycles. The molecule has 0 fully saturated rings. The van der Waals surface area contributed by atoms with Gasteiger partial charge in [0.1, 0.15) is 0 Å². The van der Waals surface area contributed by atoms with Crippen LogP contribution in [0.25, 0.3) is 0 Å². The van der Waals surface area contributed by atoms with Crippen LogP contribution in [0.3, 0.4) is 0 Å². The molecule has 2 aromatic rings. The lowest BCUT2D eigenvalue weighted by Gasteiger charge is -2.04. The second kappa shape index (κ2) is 9.36. The predicted molar refractivity (Wildman–Crippen MR) is 101 cm³/mol. The number of benzene rings is 1. The van der Waals surface area contributed by atoms with Crippen molar-refractivity contribution in [1.29, 1.82) is 0 Å². The van der Waals surface area contributed by atoms with Crippen LogP contribution in [0.1, 0.15) is 10.4 Å². The SMILES string of the molecule is I.NC(=NCc1ccc(Br)cc1)NCCc1cccs1. The Hall–Kier alpha value is -0.600. The fourth-order valence-electron chi connectivity index (χ4n) is 1.59. The summed E-state index contributed by atoms with van der Waals surface area (Å²) in [6.07, 6.45) is 0.978. The summed E-state index contributed by atoms with van der Waals surface area (Å²) in [5, 5.41) is 5.21. The van der Waals surface area contributed by atoms with Gasteiger partial charge in [-0.25, -0.2) is 4.99 Å². The van der Waals surface area contributed by atoms with Gasteiger partial charge in [0.15, 0.2) is 5.96 Å². The molecule has 0 unspecified atom stereocenters. The molecule has 0 spiro atoms. The Kier molecular flexibility index (Phi) is 8.16. The number of nitrogens with one attached hydrogen (secondary N) is 1. The number of hydrogen-bond donors (Lipinski definition) is 2. The lowest BCUT2D eigenvalue weighted by molar-refractivity contribution is 0.857. The van der Waals surface area contributed by atoms with Gasteiger partial charge in [0.2, 0.25) is 0 Å². The molecule has 108 valence electrons. The number of aliphatic imine (C=N–C) groups is 1. The first-order chi connectivity index (χ1) is 9.24. The van der Waals surface area contributed by atoms with Crippen molar-refractivity contribution in [2.45, 2.75) is 13.0 Å². The van der Waals surface area contributed by atoms with Gasteiger partial charge in [-0.05, 0) is 35.6 Å². The van der Waals surface area contributed by atoms with Crippen LogP contribution in [0, 0.1) is 0 Å². The van der Waals surface area contributed by atoms with Crippen molar-refractivity contribution in [2.24, 2.45) is 10.7 Å². The minimum Gasteiger partial charge on any atom is -0.370 e. The summed E-state index contributed by atoms with van der Waals surface area (Å²) in [5.41, 5.74) is 6.97. The van der Waals surface area contributed by atoms with E-state index in [4.69, 9.17) is 5.73 Å². The van der Waals surface area contributed by atoms with Gasteiger partial charge in [0, 0.05) is 15.9 Å². The maximum absolute atomic E-state index is 5.82. The van der Waals surface area contributed by atoms with Gasteiger partial charge in [-0.1, -0.05) is 34.1 Å². The Morgan fingerprint density at radius 3 is 2.65 bits per heavy atom. The highest BCUT2D eigenvalue weighted by Gasteiger charge is 1.96. The van der Waals surface area contributed by atoms with Crippen molar-refractivity contribution >= 4 is 57.2 Å². The molecular formula is C14H17BrIN3S. The summed E-state index contributed by atoms with van der Waals surface area (Å²) < 4.78 is 1.07. The van der Waals surface area contributed by atoms with Crippen LogP contribution < -0.4 is 11.1 Å². The summed E-state index contributed by atoms with van der Waals surface area (Å²) in [5.74, 6) is 0.500. The van der Waals surface area contributed by atoms with Gasteiger partial charge in [-0.15, -0.1) is 35.3 Å². The molecule has 1 heterocycles. The van der Waals surface area contributed by atoms with Gasteiger partial charge in [0.25, 0.3) is 0 Å². The molecule has 2 rings (SSSR count). The maximum Gasteiger partial charge on any atom is 0.188 e. The Balaban J connectivity index is 0.00000200. The number of rotatable bonds is 5. The smallest absolute Gasteiger partial charge is 0.188 e. The van der Waals surface area contributed by atoms with E-state index in [1.807, 2.05) is 24.3 Å². The lowest BCUT2D eigenvalue weighted by atomic mass is 10.2. The fourth-order valence-corrected chi connectivity index (χ4v) is 2.56. The number of thiophene rings is 1. The van der Waals surface area contributed by atoms with Crippen molar-refractivity contribution in [2.75, 3.05) is 6.54 Å². The fraction of sp³-hybridized carbons (Fsp3) is 0.214. The summed E-state index contributed by atoms with van der Waals surface area (Å²) in [6, 6.07) is 12.3. The first-order valence-electron chi connectivity index (χ1n) is 6.04. The highest BCUT2D eigenvalue weighted by Crippen LogP contribution is 2.11. The van der Waals surface area contributed by atoms with E-state index >= 15 is 0 Å². The number of guanidine groups is 1. The number of hydrogen-bond acceptors (Lipinski definition) is 2. The van der Waals surface area contributed by atoms with Crippen LogP contribution in [-0.2, 0) is 13.0 Å². The van der Waals surface area contributed by atoms with E-state index in [0.717, 1.165) is 23.0 Å². The first kappa shape index (κ1) is 17.5. The molecule has 0 aliphatic rings. The molecule has 0 atom stereocenters. The molecule has 1 aromatic carbocycles. The average molecular weight is 466 g/mol. The van der Waals surface area contributed by atoms with Crippen molar-refractivity contribution < 1.29 is 0 Å². The summed E-state index contributed by atoms with van der Waals surface area (Å²) in [6.45, 7) is 1.42. The van der Waals surface area contributed by atoms with Crippen molar-refractivity contribution in [1.82, 2.24) is 5.32 Å². The molecule has 0 radical (unpaired) electrons. The van der Waals surface area contributed by atoms with E-state index < -0.39 is 0 Å². The van der Waals surface area contributed by atoms with E-state index in [1.54, 1.807) is 11.3 Å². The van der Waals surface area contributed by atoms with E-state index in [1.165, 1.54) is 4.88 Å². The van der Waals surface area contributed by atoms with E-state index in [0.29, 0.717) is 12.5 Å². The largest absolute Gasteiger partial charge is 0.370 e. The van der Waals surface area contributed by atoms with Crippen LogP contribution in [0.15, 0.2) is 51.2 Å². The topological polar surface area (TPSA) is 50.4 Å². The minimum atomic E-state index is 0. The first-order valence-corrected chi connectivity index (χ1v) is 7.72. The number of halogens is 2. The van der Waals surface area contributed by atoms with Crippen LogP contribution in [0.4, 0.5) is 0 Å². The van der Waals surface area contributed by atoms with Gasteiger partial charge in [-0.3, -0.25) is 0 Å². The maximum atomic E-state index is 5.82. The zero-order chi connectivity index (χ0) is 13.5. The molecule has 0 aliphatic carbocycles. The Labute approximate surface area is 148 Å². The monoisotopic (exact) mass is 465 g/mol. The zero-order valence-corrected chi connectivity index (χ0v) is 15.6. The van der Waals surface area contributed by atoms with Gasteiger partial charge in [-0.2, -0.15) is 0 Å². The minimum absolute atomic E-state index is 0. The van der Waals surface area contributed by atoms with Gasteiger partial charge in [0.05, 0.1) is 6.54 Å². The van der Waals surface area contributed by atoms with Crippen molar-refractivity contribution in [3.05, 3.63) is 56.7 Å². The summed E-state index contributed by atoms with van der Waals surface area (Å²) in [4.78, 5) is 5.67. The average Bonchev–Trinajstić information content (AvgIpc) is 2.91. The summed E-state index contributed by atoms with van der Waals surface area (Å²) in [7, 11) is 0. The molecule has 0 saturated heterocycles. The van der Waals surface area contributed by atoms with Crippen molar-refractivity contribution in [3.8, 4) is 0 Å². The molecular weight excluding hydrogens is 449 g/mol. The number of nitrogens with two attached hydrogens (primary N) is 1. The zero-order valence-electron chi connectivity index (χ0n) is 10.9. The normalized spacial score (nSPS) is 10.9. The molecule has 3 nitrogen and oxygen atoms in total. The lowest BCUT2D eigenvalue weighted by Crippen LogP contribution is -2.33. The standard InChI is InChI=1S/C14H16BrN3S.HI/c15-12-5-3-11(4-6-12)10-18-14(16)17-8-7-13-2-1-9-19-13;/h1-6,9H,7-8,10H2,(H3,16,17,18);1H. The Morgan fingerprint density at radius 2 is 2.00 bits per heavy atom. The summed E-state index contributed by atoms with van der Waals surface area (Å²) >= 11 is 5.17. The third kappa shape index (κ3) is 6.23. The third-order valence-corrected chi connectivity index (χ3v) is 4.07. The predicted octanol–water partition coefficient (Wildman–Crippen LogP) is 3.78. The molecule has 20 heavy (non-hydrogen) atoms. The molecule has 3 N–H and O–H groups in total. The van der Waals surface area contributed by atoms with E-state index in [-0.39, 0.29) is 24.0 Å². The van der Waals surface area contributed by atoms with Gasteiger partial charge < -0.3 is 11.1 Å². The van der Waals surface area contributed by atoms with Gasteiger partial charge >= 0.3 is 0 Å². The van der Waals surface area contributed by atoms with Crippen LogP contribution >= 0.6 is 51.2 Å². The molecule has 0 bridgehead atoms. The molecule has 0 saturated carbocycles. The molecule has 0 amide bonds. The Bertz CT molecular complexity index is 526. The quantitative estimate of drug-likeness (QED) is 0.401. The highest BCUT2D eigenvalue weighted by atomic mass is 127. The third-order valence-electron chi connectivity index (χ3n) is 2.60. The van der Waals surface area contributed by atoms with Crippen LogP contribution in [-0.4, -0.2) is 12.5 Å². The van der Waals surface area contributed by atoms with Crippen LogP contribution in [0.2, 0.25) is 0 Å². The van der Waals surface area contributed by atoms with E-state index in [2.05, 4.69) is 43.8 Å². The van der Waals surface area contributed by atoms with E-state index in [9.17, 15) is 0 Å². The van der Waals surface area contributed by atoms with Crippen LogP contribution in [0.5, 0.6) is 0 Å². The molecule has 0 aliphatic heterocycles.